The second-order valence-corrected chi connectivity index (χ2v) is 4.77. The van der Waals surface area contributed by atoms with Crippen LogP contribution in [-0.2, 0) is 0 Å². The number of rotatable bonds is 3. The molecule has 1 heterocycles. The van der Waals surface area contributed by atoms with Crippen molar-refractivity contribution in [3.63, 3.8) is 0 Å². The summed E-state index contributed by atoms with van der Waals surface area (Å²) >= 11 is 5.89. The van der Waals surface area contributed by atoms with Crippen molar-refractivity contribution < 1.29 is 0 Å². The summed E-state index contributed by atoms with van der Waals surface area (Å²) in [7, 11) is 1.96. The van der Waals surface area contributed by atoms with Gasteiger partial charge in [0.05, 0.1) is 6.04 Å². The normalized spacial score (nSPS) is 11.7. The van der Waals surface area contributed by atoms with Crippen LogP contribution in [0.1, 0.15) is 24.2 Å². The summed E-state index contributed by atoms with van der Waals surface area (Å²) in [5, 5.41) is 9.61. The highest BCUT2D eigenvalue weighted by molar-refractivity contribution is 6.30. The Morgan fingerprint density at radius 1 is 1.21 bits per heavy atom. The van der Waals surface area contributed by atoms with E-state index >= 15 is 0 Å². The van der Waals surface area contributed by atoms with Gasteiger partial charge in [0.1, 0.15) is 17.6 Å². The van der Waals surface area contributed by atoms with Gasteiger partial charge in [0.15, 0.2) is 0 Å². The molecule has 0 saturated heterocycles. The molecule has 0 aliphatic heterocycles. The number of hydrogen-bond donors (Lipinski definition) is 0. The Hall–Kier alpha value is -2.05. The minimum atomic E-state index is 0.152. The van der Waals surface area contributed by atoms with Gasteiger partial charge in [-0.3, -0.25) is 0 Å². The molecule has 96 valence electrons. The molecule has 2 rings (SSSR count). The molecule has 0 fully saturated rings. The standard InChI is InChI=1S/C15H14ClN3/c1-11(12-6-8-13(16)9-7-12)19(2)15-5-3-4-14(10-17)18-15/h3-9,11H,1-2H3. The molecule has 4 heteroatoms. The lowest BCUT2D eigenvalue weighted by Gasteiger charge is -2.26. The number of pyridine rings is 1. The molecule has 0 radical (unpaired) electrons. The highest BCUT2D eigenvalue weighted by Gasteiger charge is 2.13. The van der Waals surface area contributed by atoms with Crippen LogP contribution in [0.2, 0.25) is 5.02 Å². The maximum absolute atomic E-state index is 8.88. The van der Waals surface area contributed by atoms with Crippen molar-refractivity contribution in [1.29, 1.82) is 5.26 Å². The molecule has 0 amide bonds. The van der Waals surface area contributed by atoms with Gasteiger partial charge >= 0.3 is 0 Å². The maximum atomic E-state index is 8.88. The first kappa shape index (κ1) is 13.4. The number of aromatic nitrogens is 1. The van der Waals surface area contributed by atoms with E-state index in [1.165, 1.54) is 0 Å². The molecule has 0 bridgehead atoms. The van der Waals surface area contributed by atoms with Crippen LogP contribution >= 0.6 is 11.6 Å². The van der Waals surface area contributed by atoms with Crippen molar-refractivity contribution in [2.24, 2.45) is 0 Å². The second kappa shape index (κ2) is 5.73. The fraction of sp³-hybridized carbons (Fsp3) is 0.200. The monoisotopic (exact) mass is 271 g/mol. The van der Waals surface area contributed by atoms with Crippen molar-refractivity contribution in [3.05, 3.63) is 58.7 Å². The fourth-order valence-corrected chi connectivity index (χ4v) is 1.97. The van der Waals surface area contributed by atoms with E-state index in [-0.39, 0.29) is 6.04 Å². The number of benzene rings is 1. The van der Waals surface area contributed by atoms with Gasteiger partial charge < -0.3 is 4.90 Å². The van der Waals surface area contributed by atoms with Gasteiger partial charge in [-0.15, -0.1) is 0 Å². The molecule has 0 spiro atoms. The predicted molar refractivity (Wildman–Crippen MR) is 77.2 cm³/mol. The molecule has 3 nitrogen and oxygen atoms in total. The molecule has 1 atom stereocenters. The Kier molecular flexibility index (Phi) is 4.03. The van der Waals surface area contributed by atoms with Crippen molar-refractivity contribution in [1.82, 2.24) is 4.98 Å². The minimum Gasteiger partial charge on any atom is -0.353 e. The van der Waals surface area contributed by atoms with Crippen molar-refractivity contribution in [3.8, 4) is 6.07 Å². The quantitative estimate of drug-likeness (QED) is 0.852. The van der Waals surface area contributed by atoms with Gasteiger partial charge in [0.25, 0.3) is 0 Å². The molecule has 1 aromatic heterocycles. The molecule has 0 aliphatic rings. The number of halogens is 1. The van der Waals surface area contributed by atoms with Gasteiger partial charge in [0.2, 0.25) is 0 Å². The topological polar surface area (TPSA) is 39.9 Å². The third kappa shape index (κ3) is 3.04. The number of nitrogens with zero attached hydrogens (tertiary/aromatic N) is 3. The Morgan fingerprint density at radius 2 is 1.89 bits per heavy atom. The largest absolute Gasteiger partial charge is 0.353 e. The predicted octanol–water partition coefficient (Wildman–Crippen LogP) is 3.80. The first-order valence-electron chi connectivity index (χ1n) is 5.97. The zero-order valence-electron chi connectivity index (χ0n) is 10.8. The van der Waals surface area contributed by atoms with E-state index < -0.39 is 0 Å². The van der Waals surface area contributed by atoms with Crippen LogP contribution in [0.3, 0.4) is 0 Å². The smallest absolute Gasteiger partial charge is 0.142 e. The van der Waals surface area contributed by atoms with E-state index in [1.54, 1.807) is 6.07 Å². The molecular formula is C15H14ClN3. The van der Waals surface area contributed by atoms with Crippen LogP contribution < -0.4 is 4.90 Å². The summed E-state index contributed by atoms with van der Waals surface area (Å²) in [6.07, 6.45) is 0. The van der Waals surface area contributed by atoms with Gasteiger partial charge in [-0.2, -0.15) is 5.26 Å². The summed E-state index contributed by atoms with van der Waals surface area (Å²) in [6, 6.07) is 15.4. The van der Waals surface area contributed by atoms with E-state index in [9.17, 15) is 0 Å². The highest BCUT2D eigenvalue weighted by Crippen LogP contribution is 2.24. The Morgan fingerprint density at radius 3 is 2.53 bits per heavy atom. The van der Waals surface area contributed by atoms with Crippen LogP contribution in [0.5, 0.6) is 0 Å². The summed E-state index contributed by atoms with van der Waals surface area (Å²) in [6.45, 7) is 2.09. The van der Waals surface area contributed by atoms with Crippen molar-refractivity contribution >= 4 is 17.4 Å². The van der Waals surface area contributed by atoms with Crippen molar-refractivity contribution in [2.75, 3.05) is 11.9 Å². The first-order valence-corrected chi connectivity index (χ1v) is 6.35. The average molecular weight is 272 g/mol. The average Bonchev–Trinajstić information content (AvgIpc) is 2.46. The zero-order chi connectivity index (χ0) is 13.8. The van der Waals surface area contributed by atoms with E-state index in [4.69, 9.17) is 16.9 Å². The van der Waals surface area contributed by atoms with Crippen LogP contribution in [0.25, 0.3) is 0 Å². The van der Waals surface area contributed by atoms with E-state index in [0.717, 1.165) is 16.4 Å². The molecule has 19 heavy (non-hydrogen) atoms. The first-order chi connectivity index (χ1) is 9.11. The number of hydrogen-bond acceptors (Lipinski definition) is 3. The zero-order valence-corrected chi connectivity index (χ0v) is 11.6. The van der Waals surface area contributed by atoms with Gasteiger partial charge in [-0.1, -0.05) is 29.8 Å². The summed E-state index contributed by atoms with van der Waals surface area (Å²) in [4.78, 5) is 6.33. The summed E-state index contributed by atoms with van der Waals surface area (Å²) in [5.74, 6) is 0.779. The maximum Gasteiger partial charge on any atom is 0.142 e. The Labute approximate surface area is 118 Å². The molecule has 0 aliphatic carbocycles. The number of anilines is 1. The summed E-state index contributed by atoms with van der Waals surface area (Å²) in [5.41, 5.74) is 1.57. The van der Waals surface area contributed by atoms with Crippen LogP contribution in [0, 0.1) is 11.3 Å². The third-order valence-electron chi connectivity index (χ3n) is 3.14. The second-order valence-electron chi connectivity index (χ2n) is 4.33. The van der Waals surface area contributed by atoms with Gasteiger partial charge in [-0.05, 0) is 36.8 Å². The molecular weight excluding hydrogens is 258 g/mol. The lowest BCUT2D eigenvalue weighted by molar-refractivity contribution is 0.728. The lowest BCUT2D eigenvalue weighted by Crippen LogP contribution is -2.22. The molecule has 1 aromatic carbocycles. The molecule has 0 saturated carbocycles. The SMILES string of the molecule is CC(c1ccc(Cl)cc1)N(C)c1cccc(C#N)n1. The Bertz CT molecular complexity index is 602. The van der Waals surface area contributed by atoms with Crippen molar-refractivity contribution in [2.45, 2.75) is 13.0 Å². The van der Waals surface area contributed by atoms with Crippen LogP contribution in [0.15, 0.2) is 42.5 Å². The van der Waals surface area contributed by atoms with Gasteiger partial charge in [0, 0.05) is 12.1 Å². The molecule has 0 N–H and O–H groups in total. The summed E-state index contributed by atoms with van der Waals surface area (Å²) < 4.78 is 0. The fourth-order valence-electron chi connectivity index (χ4n) is 1.85. The van der Waals surface area contributed by atoms with E-state index in [0.29, 0.717) is 5.69 Å². The van der Waals surface area contributed by atoms with Gasteiger partial charge in [-0.25, -0.2) is 4.98 Å². The molecule has 2 aromatic rings. The number of nitriles is 1. The third-order valence-corrected chi connectivity index (χ3v) is 3.40. The van der Waals surface area contributed by atoms with E-state index in [2.05, 4.69) is 18.0 Å². The lowest BCUT2D eigenvalue weighted by atomic mass is 10.1. The highest BCUT2D eigenvalue weighted by atomic mass is 35.5. The van der Waals surface area contributed by atoms with Crippen LogP contribution in [0.4, 0.5) is 5.82 Å². The minimum absolute atomic E-state index is 0.152. The molecule has 1 unspecified atom stereocenters. The van der Waals surface area contributed by atoms with E-state index in [1.807, 2.05) is 48.3 Å². The van der Waals surface area contributed by atoms with Crippen LogP contribution in [-0.4, -0.2) is 12.0 Å². The Balaban J connectivity index is 2.25.